The molecule has 1 saturated carbocycles. The van der Waals surface area contributed by atoms with Crippen molar-refractivity contribution in [1.82, 2.24) is 14.8 Å². The molecule has 0 aliphatic heterocycles. The Morgan fingerprint density at radius 2 is 2.11 bits per heavy atom. The van der Waals surface area contributed by atoms with Gasteiger partial charge in [-0.15, -0.1) is 10.2 Å². The van der Waals surface area contributed by atoms with Gasteiger partial charge in [0, 0.05) is 12.5 Å². The van der Waals surface area contributed by atoms with E-state index in [0.717, 1.165) is 17.5 Å². The highest BCUT2D eigenvalue weighted by atomic mass is 32.2. The van der Waals surface area contributed by atoms with Crippen molar-refractivity contribution in [3.8, 4) is 0 Å². The number of amides is 1. The zero-order chi connectivity index (χ0) is 13.0. The number of carbonyl (C=O) groups excluding carboxylic acids is 1. The minimum absolute atomic E-state index is 0.267. The second-order valence-corrected chi connectivity index (χ2v) is 5.62. The fourth-order valence-corrected chi connectivity index (χ4v) is 3.25. The van der Waals surface area contributed by atoms with Crippen molar-refractivity contribution in [3.05, 3.63) is 5.82 Å². The summed E-state index contributed by atoms with van der Waals surface area (Å²) in [6, 6.07) is 0. The second-order valence-electron chi connectivity index (χ2n) is 4.67. The highest BCUT2D eigenvalue weighted by Crippen LogP contribution is 2.33. The molecule has 1 amide bonds. The molecule has 1 fully saturated rings. The van der Waals surface area contributed by atoms with Crippen molar-refractivity contribution in [2.75, 3.05) is 5.75 Å². The van der Waals surface area contributed by atoms with E-state index in [4.69, 9.17) is 5.73 Å². The van der Waals surface area contributed by atoms with Gasteiger partial charge in [0.15, 0.2) is 5.16 Å². The molecular formula is C12H20N4OS. The zero-order valence-electron chi connectivity index (χ0n) is 10.8. The van der Waals surface area contributed by atoms with Crippen LogP contribution in [-0.4, -0.2) is 26.4 Å². The number of nitrogens with two attached hydrogens (primary N) is 1. The number of thioether (sulfide) groups is 1. The van der Waals surface area contributed by atoms with Crippen molar-refractivity contribution >= 4 is 17.7 Å². The van der Waals surface area contributed by atoms with Gasteiger partial charge in [0.1, 0.15) is 5.82 Å². The largest absolute Gasteiger partial charge is 0.369 e. The lowest BCUT2D eigenvalue weighted by Gasteiger charge is -2.21. The smallest absolute Gasteiger partial charge is 0.227 e. The third-order valence-corrected chi connectivity index (χ3v) is 4.36. The highest BCUT2D eigenvalue weighted by Gasteiger charge is 2.22. The molecule has 2 rings (SSSR count). The summed E-state index contributed by atoms with van der Waals surface area (Å²) in [5, 5.41) is 9.35. The number of hydrogen-bond donors (Lipinski definition) is 1. The number of aromatic nitrogens is 3. The summed E-state index contributed by atoms with van der Waals surface area (Å²) in [4.78, 5) is 10.8. The van der Waals surface area contributed by atoms with E-state index in [-0.39, 0.29) is 11.7 Å². The maximum atomic E-state index is 10.8. The molecular weight excluding hydrogens is 248 g/mol. The Balaban J connectivity index is 2.12. The van der Waals surface area contributed by atoms with Crippen LogP contribution in [0, 0.1) is 0 Å². The van der Waals surface area contributed by atoms with Crippen molar-refractivity contribution in [3.63, 3.8) is 0 Å². The highest BCUT2D eigenvalue weighted by molar-refractivity contribution is 7.99. The number of carbonyl (C=O) groups is 1. The molecule has 0 aromatic carbocycles. The van der Waals surface area contributed by atoms with Crippen LogP contribution in [0.25, 0.3) is 0 Å². The molecule has 1 aliphatic carbocycles. The molecule has 0 spiro atoms. The predicted molar refractivity (Wildman–Crippen MR) is 71.4 cm³/mol. The normalized spacial score (nSPS) is 16.9. The molecule has 100 valence electrons. The minimum Gasteiger partial charge on any atom is -0.369 e. The van der Waals surface area contributed by atoms with Gasteiger partial charge in [-0.1, -0.05) is 31.0 Å². The molecule has 1 aliphatic rings. The molecule has 0 unspecified atom stereocenters. The fourth-order valence-electron chi connectivity index (χ4n) is 2.50. The first-order valence-electron chi connectivity index (χ1n) is 6.56. The summed E-state index contributed by atoms with van der Waals surface area (Å²) in [5.41, 5.74) is 5.16. The first-order valence-corrected chi connectivity index (χ1v) is 7.55. The topological polar surface area (TPSA) is 73.8 Å². The van der Waals surface area contributed by atoms with Crippen LogP contribution in [0.3, 0.4) is 0 Å². The van der Waals surface area contributed by atoms with Gasteiger partial charge in [-0.05, 0) is 19.8 Å². The van der Waals surface area contributed by atoms with Crippen LogP contribution < -0.4 is 5.73 Å². The van der Waals surface area contributed by atoms with E-state index in [1.54, 1.807) is 0 Å². The van der Waals surface area contributed by atoms with Crippen molar-refractivity contribution in [1.29, 1.82) is 0 Å². The van der Waals surface area contributed by atoms with E-state index in [2.05, 4.69) is 21.7 Å². The Morgan fingerprint density at radius 3 is 2.72 bits per heavy atom. The van der Waals surface area contributed by atoms with E-state index in [1.165, 1.54) is 43.9 Å². The molecule has 5 nitrogen and oxygen atoms in total. The summed E-state index contributed by atoms with van der Waals surface area (Å²) < 4.78 is 2.13. The van der Waals surface area contributed by atoms with Crippen LogP contribution in [0.15, 0.2) is 5.16 Å². The summed E-state index contributed by atoms with van der Waals surface area (Å²) in [6.45, 7) is 2.93. The van der Waals surface area contributed by atoms with Crippen molar-refractivity contribution in [2.24, 2.45) is 5.73 Å². The van der Waals surface area contributed by atoms with E-state index in [9.17, 15) is 4.79 Å². The van der Waals surface area contributed by atoms with Crippen LogP contribution in [0.4, 0.5) is 0 Å². The predicted octanol–water partition coefficient (Wildman–Crippen LogP) is 1.92. The lowest BCUT2D eigenvalue weighted by Crippen LogP contribution is -2.15. The van der Waals surface area contributed by atoms with Gasteiger partial charge in [-0.25, -0.2) is 0 Å². The standard InChI is InChI=1S/C12H20N4OS/c1-2-16-11(9-6-4-3-5-7-9)14-15-12(16)18-8-10(13)17/h9H,2-8H2,1H3,(H2,13,17). The number of nitrogens with zero attached hydrogens (tertiary/aromatic N) is 3. The zero-order valence-corrected chi connectivity index (χ0v) is 11.6. The Hall–Kier alpha value is -1.04. The monoisotopic (exact) mass is 268 g/mol. The summed E-state index contributed by atoms with van der Waals surface area (Å²) in [6.07, 6.45) is 6.31. The van der Waals surface area contributed by atoms with Crippen LogP contribution in [0.2, 0.25) is 0 Å². The van der Waals surface area contributed by atoms with Gasteiger partial charge in [-0.3, -0.25) is 4.79 Å². The van der Waals surface area contributed by atoms with E-state index in [1.807, 2.05) is 0 Å². The average Bonchev–Trinajstić information content (AvgIpc) is 2.80. The van der Waals surface area contributed by atoms with Crippen LogP contribution in [0.1, 0.15) is 50.8 Å². The van der Waals surface area contributed by atoms with Gasteiger partial charge < -0.3 is 10.3 Å². The number of primary amides is 1. The number of rotatable bonds is 5. The van der Waals surface area contributed by atoms with Crippen molar-refractivity contribution < 1.29 is 4.79 Å². The SMILES string of the molecule is CCn1c(SCC(N)=O)nnc1C1CCCCC1. The lowest BCUT2D eigenvalue weighted by molar-refractivity contribution is -0.115. The van der Waals surface area contributed by atoms with Crippen molar-refractivity contribution in [2.45, 2.75) is 56.6 Å². The summed E-state index contributed by atoms with van der Waals surface area (Å²) >= 11 is 1.38. The number of hydrogen-bond acceptors (Lipinski definition) is 4. The molecule has 1 heterocycles. The first-order chi connectivity index (χ1) is 8.72. The summed E-state index contributed by atoms with van der Waals surface area (Å²) in [5.74, 6) is 1.58. The fraction of sp³-hybridized carbons (Fsp3) is 0.750. The Kier molecular flexibility index (Phi) is 4.63. The lowest BCUT2D eigenvalue weighted by atomic mass is 9.89. The average molecular weight is 268 g/mol. The van der Waals surface area contributed by atoms with Crippen LogP contribution >= 0.6 is 11.8 Å². The Bertz CT molecular complexity index is 412. The Morgan fingerprint density at radius 1 is 1.39 bits per heavy atom. The molecule has 1 aromatic rings. The Labute approximate surface area is 112 Å². The minimum atomic E-state index is -0.315. The molecule has 1 aromatic heterocycles. The van der Waals surface area contributed by atoms with Crippen LogP contribution in [0.5, 0.6) is 0 Å². The van der Waals surface area contributed by atoms with Gasteiger partial charge in [0.2, 0.25) is 5.91 Å². The molecule has 6 heteroatoms. The van der Waals surface area contributed by atoms with Crippen LogP contribution in [-0.2, 0) is 11.3 Å². The maximum absolute atomic E-state index is 10.8. The molecule has 0 saturated heterocycles. The van der Waals surface area contributed by atoms with Gasteiger partial charge >= 0.3 is 0 Å². The molecule has 0 atom stereocenters. The van der Waals surface area contributed by atoms with E-state index >= 15 is 0 Å². The molecule has 18 heavy (non-hydrogen) atoms. The van der Waals surface area contributed by atoms with Gasteiger partial charge in [0.25, 0.3) is 0 Å². The van der Waals surface area contributed by atoms with E-state index in [0.29, 0.717) is 5.92 Å². The third-order valence-electron chi connectivity index (χ3n) is 3.38. The first kappa shape index (κ1) is 13.4. The molecule has 0 radical (unpaired) electrons. The third kappa shape index (κ3) is 3.04. The maximum Gasteiger partial charge on any atom is 0.227 e. The van der Waals surface area contributed by atoms with E-state index < -0.39 is 0 Å². The second kappa shape index (κ2) is 6.22. The summed E-state index contributed by atoms with van der Waals surface area (Å²) in [7, 11) is 0. The quantitative estimate of drug-likeness (QED) is 0.828. The van der Waals surface area contributed by atoms with Gasteiger partial charge in [-0.2, -0.15) is 0 Å². The van der Waals surface area contributed by atoms with Gasteiger partial charge in [0.05, 0.1) is 5.75 Å². The molecule has 2 N–H and O–H groups in total. The molecule has 0 bridgehead atoms.